The number of hydrogen-bond donors (Lipinski definition) is 0. The molecule has 0 radical (unpaired) electrons. The number of allylic oxidation sites excluding steroid dienone is 3. The summed E-state index contributed by atoms with van der Waals surface area (Å²) in [6, 6.07) is 0. The van der Waals surface area contributed by atoms with Gasteiger partial charge in [-0.25, -0.2) is 0 Å². The molecular weight excluding hydrogens is 324 g/mol. The third-order valence-corrected chi connectivity index (χ3v) is 7.07. The zero-order chi connectivity index (χ0) is 15.0. The summed E-state index contributed by atoms with van der Waals surface area (Å²) in [6.45, 7) is 4.86. The van der Waals surface area contributed by atoms with Crippen LogP contribution in [-0.2, 0) is 4.79 Å². The molecule has 0 saturated heterocycles. The van der Waals surface area contributed by atoms with E-state index in [1.54, 1.807) is 5.57 Å². The molecule has 1 unspecified atom stereocenters. The van der Waals surface area contributed by atoms with Crippen LogP contribution in [0.1, 0.15) is 65.2 Å². The highest BCUT2D eigenvalue weighted by Gasteiger charge is 2.50. The standard InChI is InChI=1S/C19H27BrO/c1-13(11-14-5-3-7-18(14)21)16-8-9-17-15(12-20)6-4-10-19(16,17)2/h11-13,16-17H,3-10H2,1-2H3/b14-11+,15-12+/t13-,16?,17+,19-/m1/s1. The molecule has 0 heterocycles. The van der Waals surface area contributed by atoms with Crippen LogP contribution in [-0.4, -0.2) is 5.78 Å². The molecule has 1 nitrogen and oxygen atoms in total. The number of rotatable bonds is 2. The summed E-state index contributed by atoms with van der Waals surface area (Å²) in [5.74, 6) is 2.46. The molecule has 3 aliphatic rings. The van der Waals surface area contributed by atoms with E-state index in [0.717, 1.165) is 36.7 Å². The smallest absolute Gasteiger partial charge is 0.158 e. The summed E-state index contributed by atoms with van der Waals surface area (Å²) in [5, 5.41) is 0. The number of Topliss-reactive ketones (excluding diaryl/α,β-unsaturated/α-hetero) is 1. The maximum Gasteiger partial charge on any atom is 0.158 e. The Morgan fingerprint density at radius 2 is 2.05 bits per heavy atom. The van der Waals surface area contributed by atoms with Crippen LogP contribution in [0, 0.1) is 23.2 Å². The fraction of sp³-hybridized carbons (Fsp3) is 0.737. The summed E-state index contributed by atoms with van der Waals surface area (Å²) >= 11 is 3.59. The van der Waals surface area contributed by atoms with Gasteiger partial charge in [-0.2, -0.15) is 0 Å². The van der Waals surface area contributed by atoms with E-state index in [1.807, 2.05) is 0 Å². The van der Waals surface area contributed by atoms with Crippen molar-refractivity contribution in [3.8, 4) is 0 Å². The molecule has 3 saturated carbocycles. The monoisotopic (exact) mass is 350 g/mol. The van der Waals surface area contributed by atoms with Crippen molar-refractivity contribution in [2.45, 2.75) is 65.2 Å². The van der Waals surface area contributed by atoms with Gasteiger partial charge in [-0.1, -0.05) is 41.4 Å². The Kier molecular flexibility index (Phi) is 4.45. The third kappa shape index (κ3) is 2.69. The van der Waals surface area contributed by atoms with E-state index in [2.05, 4.69) is 40.8 Å². The van der Waals surface area contributed by atoms with Crippen molar-refractivity contribution >= 4 is 21.7 Å². The molecule has 0 aromatic heterocycles. The predicted molar refractivity (Wildman–Crippen MR) is 91.3 cm³/mol. The first-order chi connectivity index (χ1) is 10.1. The SMILES string of the molecule is C[C@H](/C=C1\CCCC1=O)C1CC[C@H]2/C(=C/Br)CCC[C@]12C. The van der Waals surface area contributed by atoms with Crippen molar-refractivity contribution in [1.29, 1.82) is 0 Å². The average Bonchev–Trinajstić information content (AvgIpc) is 3.01. The van der Waals surface area contributed by atoms with Crippen molar-refractivity contribution < 1.29 is 4.79 Å². The van der Waals surface area contributed by atoms with Crippen LogP contribution in [0.5, 0.6) is 0 Å². The van der Waals surface area contributed by atoms with Crippen LogP contribution in [0.2, 0.25) is 0 Å². The molecule has 116 valence electrons. The summed E-state index contributed by atoms with van der Waals surface area (Å²) in [5.41, 5.74) is 3.19. The number of carbonyl (C=O) groups is 1. The molecule has 0 spiro atoms. The Bertz CT molecular complexity index is 490. The minimum Gasteiger partial charge on any atom is -0.295 e. The lowest BCUT2D eigenvalue weighted by atomic mass is 9.61. The summed E-state index contributed by atoms with van der Waals surface area (Å²) in [7, 11) is 0. The molecule has 0 amide bonds. The van der Waals surface area contributed by atoms with Gasteiger partial charge in [0.1, 0.15) is 0 Å². The fourth-order valence-corrected chi connectivity index (χ4v) is 5.97. The molecule has 0 aliphatic heterocycles. The first-order valence-electron chi connectivity index (χ1n) is 8.59. The third-order valence-electron chi connectivity index (χ3n) is 6.48. The average molecular weight is 351 g/mol. The van der Waals surface area contributed by atoms with Gasteiger partial charge in [0.05, 0.1) is 0 Å². The van der Waals surface area contributed by atoms with Gasteiger partial charge in [0.2, 0.25) is 0 Å². The first kappa shape index (κ1) is 15.5. The number of halogens is 1. The molecular formula is C19H27BrO. The number of carbonyl (C=O) groups excluding carboxylic acids is 1. The van der Waals surface area contributed by atoms with E-state index in [0.29, 0.717) is 17.1 Å². The minimum atomic E-state index is 0.409. The molecule has 3 rings (SSSR count). The van der Waals surface area contributed by atoms with Gasteiger partial charge in [-0.15, -0.1) is 0 Å². The molecule has 2 heteroatoms. The number of ketones is 1. The van der Waals surface area contributed by atoms with Crippen LogP contribution >= 0.6 is 15.9 Å². The lowest BCUT2D eigenvalue weighted by molar-refractivity contribution is -0.114. The molecule has 3 aliphatic carbocycles. The number of hydrogen-bond acceptors (Lipinski definition) is 1. The van der Waals surface area contributed by atoms with Crippen molar-refractivity contribution in [3.05, 3.63) is 22.2 Å². The molecule has 3 fully saturated rings. The zero-order valence-electron chi connectivity index (χ0n) is 13.3. The van der Waals surface area contributed by atoms with Crippen molar-refractivity contribution in [2.24, 2.45) is 23.2 Å². The zero-order valence-corrected chi connectivity index (χ0v) is 14.9. The van der Waals surface area contributed by atoms with Crippen molar-refractivity contribution in [2.75, 3.05) is 0 Å². The Balaban J connectivity index is 1.81. The normalized spacial score (nSPS) is 41.8. The van der Waals surface area contributed by atoms with Gasteiger partial charge in [0.15, 0.2) is 5.78 Å². The highest BCUT2D eigenvalue weighted by molar-refractivity contribution is 9.11. The minimum absolute atomic E-state index is 0.409. The molecule has 4 atom stereocenters. The van der Waals surface area contributed by atoms with Crippen LogP contribution in [0.15, 0.2) is 22.2 Å². The Morgan fingerprint density at radius 1 is 1.24 bits per heavy atom. The Hall–Kier alpha value is -0.370. The van der Waals surface area contributed by atoms with Crippen molar-refractivity contribution in [3.63, 3.8) is 0 Å². The lowest BCUT2D eigenvalue weighted by Crippen LogP contribution is -2.35. The second-order valence-corrected chi connectivity index (χ2v) is 8.07. The van der Waals surface area contributed by atoms with Gasteiger partial charge >= 0.3 is 0 Å². The Labute approximate surface area is 137 Å². The van der Waals surface area contributed by atoms with E-state index >= 15 is 0 Å². The van der Waals surface area contributed by atoms with E-state index in [9.17, 15) is 4.79 Å². The van der Waals surface area contributed by atoms with E-state index in [1.165, 1.54) is 32.1 Å². The predicted octanol–water partition coefficient (Wildman–Crippen LogP) is 5.80. The van der Waals surface area contributed by atoms with Crippen LogP contribution < -0.4 is 0 Å². The summed E-state index contributed by atoms with van der Waals surface area (Å²) in [4.78, 5) is 14.1. The van der Waals surface area contributed by atoms with Crippen molar-refractivity contribution in [1.82, 2.24) is 0 Å². The fourth-order valence-electron chi connectivity index (χ4n) is 5.42. The second-order valence-electron chi connectivity index (χ2n) is 7.61. The quantitative estimate of drug-likeness (QED) is 0.575. The molecule has 21 heavy (non-hydrogen) atoms. The van der Waals surface area contributed by atoms with Crippen LogP contribution in [0.3, 0.4) is 0 Å². The first-order valence-corrected chi connectivity index (χ1v) is 9.51. The van der Waals surface area contributed by atoms with Gasteiger partial charge < -0.3 is 0 Å². The van der Waals surface area contributed by atoms with Gasteiger partial charge in [0, 0.05) is 6.42 Å². The number of fused-ring (bicyclic) bond motifs is 1. The van der Waals surface area contributed by atoms with E-state index < -0.39 is 0 Å². The molecule has 0 aromatic rings. The van der Waals surface area contributed by atoms with Gasteiger partial charge in [-0.05, 0) is 78.7 Å². The summed E-state index contributed by atoms with van der Waals surface area (Å²) in [6.07, 6.45) is 11.8. The van der Waals surface area contributed by atoms with Gasteiger partial charge in [0.25, 0.3) is 0 Å². The van der Waals surface area contributed by atoms with Gasteiger partial charge in [-0.3, -0.25) is 4.79 Å². The lowest BCUT2D eigenvalue weighted by Gasteiger charge is -2.43. The largest absolute Gasteiger partial charge is 0.295 e. The molecule has 0 N–H and O–H groups in total. The maximum atomic E-state index is 11.9. The second kappa shape index (κ2) is 6.02. The highest BCUT2D eigenvalue weighted by atomic mass is 79.9. The topological polar surface area (TPSA) is 17.1 Å². The van der Waals surface area contributed by atoms with Crippen LogP contribution in [0.25, 0.3) is 0 Å². The van der Waals surface area contributed by atoms with E-state index in [4.69, 9.17) is 0 Å². The maximum absolute atomic E-state index is 11.9. The summed E-state index contributed by atoms with van der Waals surface area (Å²) < 4.78 is 0. The van der Waals surface area contributed by atoms with E-state index in [-0.39, 0.29) is 0 Å². The molecule has 0 aromatic carbocycles. The Morgan fingerprint density at radius 3 is 2.71 bits per heavy atom. The molecule has 0 bridgehead atoms. The van der Waals surface area contributed by atoms with Crippen LogP contribution in [0.4, 0.5) is 0 Å². The highest BCUT2D eigenvalue weighted by Crippen LogP contribution is 2.59.